The van der Waals surface area contributed by atoms with Gasteiger partial charge in [0.2, 0.25) is 0 Å². The number of ether oxygens (including phenoxy) is 3. The fraction of sp³-hybridized carbons (Fsp3) is 0.500. The van der Waals surface area contributed by atoms with Crippen molar-refractivity contribution >= 4 is 11.2 Å². The highest BCUT2D eigenvalue weighted by atomic mass is 16.7. The molecule has 0 radical (unpaired) electrons. The Kier molecular flexibility index (Phi) is 5.96. The number of imidazole rings is 1. The summed E-state index contributed by atoms with van der Waals surface area (Å²) in [5, 5.41) is 0. The van der Waals surface area contributed by atoms with Gasteiger partial charge in [-0.05, 0) is 44.2 Å². The van der Waals surface area contributed by atoms with Crippen LogP contribution in [0, 0.1) is 6.92 Å². The second-order valence-electron chi connectivity index (χ2n) is 7.36. The molecule has 0 spiro atoms. The number of nitrogens with one attached hydrogen (secondary N) is 1. The molecule has 10 nitrogen and oxygen atoms in total. The first kappa shape index (κ1) is 20.3. The molecule has 4 heterocycles. The Labute approximate surface area is 172 Å². The standard InChI is InChI=1S/C20H25N5O5/c1-13-10-14(12-21-11-13)30-19-22-16-17(23-19)24(2)20(27)25(18(16)26)7-5-9-29-15-6-3-4-8-28-15/h10-12,15H,3-9H2,1-2H3,(H,22,23). The number of pyridine rings is 1. The van der Waals surface area contributed by atoms with Gasteiger partial charge in [-0.3, -0.25) is 18.9 Å². The molecule has 0 bridgehead atoms. The Morgan fingerprint density at radius 2 is 2.17 bits per heavy atom. The van der Waals surface area contributed by atoms with Crippen LogP contribution in [0.3, 0.4) is 0 Å². The lowest BCUT2D eigenvalue weighted by Gasteiger charge is -2.22. The summed E-state index contributed by atoms with van der Waals surface area (Å²) < 4.78 is 19.4. The molecule has 10 heteroatoms. The molecule has 4 rings (SSSR count). The number of fused-ring (bicyclic) bond motifs is 1. The van der Waals surface area contributed by atoms with Crippen molar-refractivity contribution in [2.24, 2.45) is 7.05 Å². The second kappa shape index (κ2) is 8.80. The summed E-state index contributed by atoms with van der Waals surface area (Å²) >= 11 is 0. The molecule has 1 atom stereocenters. The average molecular weight is 415 g/mol. The SMILES string of the molecule is Cc1cncc(Oc2nc3c([nH]2)c(=O)n(CCCOC2CCCCO2)c(=O)n3C)c1. The maximum Gasteiger partial charge on any atom is 0.332 e. The Balaban J connectivity index is 1.51. The third-order valence-corrected chi connectivity index (χ3v) is 4.99. The molecule has 1 aliphatic heterocycles. The number of aromatic nitrogens is 5. The minimum absolute atomic E-state index is 0.125. The molecular formula is C20H25N5O5. The largest absolute Gasteiger partial charge is 0.424 e. The van der Waals surface area contributed by atoms with Gasteiger partial charge >= 0.3 is 11.7 Å². The van der Waals surface area contributed by atoms with Gasteiger partial charge in [-0.15, -0.1) is 0 Å². The van der Waals surface area contributed by atoms with E-state index in [1.807, 2.05) is 6.92 Å². The van der Waals surface area contributed by atoms with Crippen LogP contribution >= 0.6 is 0 Å². The van der Waals surface area contributed by atoms with Crippen molar-refractivity contribution in [3.8, 4) is 11.8 Å². The smallest absolute Gasteiger partial charge is 0.332 e. The fourth-order valence-electron chi connectivity index (χ4n) is 3.45. The topological polar surface area (TPSA) is 113 Å². The van der Waals surface area contributed by atoms with E-state index in [4.69, 9.17) is 14.2 Å². The Morgan fingerprint density at radius 1 is 1.30 bits per heavy atom. The molecular weight excluding hydrogens is 390 g/mol. The molecule has 160 valence electrons. The fourth-order valence-corrected chi connectivity index (χ4v) is 3.45. The first-order valence-electron chi connectivity index (χ1n) is 10.0. The van der Waals surface area contributed by atoms with E-state index in [-0.39, 0.29) is 30.0 Å². The number of hydrogen-bond acceptors (Lipinski definition) is 7. The zero-order valence-corrected chi connectivity index (χ0v) is 17.1. The number of aromatic amines is 1. The van der Waals surface area contributed by atoms with Crippen molar-refractivity contribution in [2.45, 2.75) is 45.4 Å². The molecule has 0 aromatic carbocycles. The molecule has 1 aliphatic rings. The summed E-state index contributed by atoms with van der Waals surface area (Å²) in [6.07, 6.45) is 6.61. The minimum Gasteiger partial charge on any atom is -0.424 e. The van der Waals surface area contributed by atoms with Gasteiger partial charge < -0.3 is 19.2 Å². The molecule has 0 aliphatic carbocycles. The minimum atomic E-state index is -0.438. The van der Waals surface area contributed by atoms with E-state index in [0.29, 0.717) is 25.4 Å². The predicted molar refractivity (Wildman–Crippen MR) is 109 cm³/mol. The molecule has 0 amide bonds. The molecule has 3 aromatic heterocycles. The van der Waals surface area contributed by atoms with Crippen molar-refractivity contribution in [3.63, 3.8) is 0 Å². The van der Waals surface area contributed by atoms with Crippen LogP contribution in [0.2, 0.25) is 0 Å². The number of rotatable bonds is 7. The lowest BCUT2D eigenvalue weighted by molar-refractivity contribution is -0.163. The quantitative estimate of drug-likeness (QED) is 0.586. The summed E-state index contributed by atoms with van der Waals surface area (Å²) in [5.41, 5.74) is 0.510. The van der Waals surface area contributed by atoms with Crippen LogP contribution in [0.25, 0.3) is 11.2 Å². The zero-order valence-electron chi connectivity index (χ0n) is 17.1. The molecule has 1 N–H and O–H groups in total. The number of hydrogen-bond donors (Lipinski definition) is 1. The average Bonchev–Trinajstić information content (AvgIpc) is 3.16. The molecule has 1 saturated heterocycles. The predicted octanol–water partition coefficient (Wildman–Crippen LogP) is 1.85. The summed E-state index contributed by atoms with van der Waals surface area (Å²) in [4.78, 5) is 36.7. The number of H-pyrrole nitrogens is 1. The molecule has 30 heavy (non-hydrogen) atoms. The normalized spacial score (nSPS) is 16.8. The van der Waals surface area contributed by atoms with Gasteiger partial charge in [-0.1, -0.05) is 0 Å². The first-order chi connectivity index (χ1) is 14.5. The van der Waals surface area contributed by atoms with Gasteiger partial charge in [0, 0.05) is 26.4 Å². The van der Waals surface area contributed by atoms with Gasteiger partial charge in [0.1, 0.15) is 5.75 Å². The van der Waals surface area contributed by atoms with E-state index in [9.17, 15) is 9.59 Å². The van der Waals surface area contributed by atoms with Crippen LogP contribution in [0.4, 0.5) is 0 Å². The van der Waals surface area contributed by atoms with Crippen LogP contribution < -0.4 is 16.0 Å². The monoisotopic (exact) mass is 415 g/mol. The van der Waals surface area contributed by atoms with Gasteiger partial charge in [0.15, 0.2) is 17.5 Å². The summed E-state index contributed by atoms with van der Waals surface area (Å²) in [7, 11) is 1.58. The van der Waals surface area contributed by atoms with Crippen molar-refractivity contribution < 1.29 is 14.2 Å². The summed E-state index contributed by atoms with van der Waals surface area (Å²) in [5.74, 6) is 0.487. The van der Waals surface area contributed by atoms with Crippen molar-refractivity contribution in [2.75, 3.05) is 13.2 Å². The molecule has 3 aromatic rings. The maximum absolute atomic E-state index is 12.9. The molecule has 1 fully saturated rings. The van der Waals surface area contributed by atoms with Gasteiger partial charge in [0.05, 0.1) is 12.8 Å². The van der Waals surface area contributed by atoms with Crippen LogP contribution in [0.5, 0.6) is 11.8 Å². The third-order valence-electron chi connectivity index (χ3n) is 4.99. The van der Waals surface area contributed by atoms with E-state index in [2.05, 4.69) is 15.0 Å². The molecule has 0 saturated carbocycles. The number of nitrogens with zero attached hydrogens (tertiary/aromatic N) is 4. The van der Waals surface area contributed by atoms with Crippen LogP contribution in [0.15, 0.2) is 28.0 Å². The van der Waals surface area contributed by atoms with Crippen LogP contribution in [-0.4, -0.2) is 43.6 Å². The van der Waals surface area contributed by atoms with Crippen molar-refractivity contribution in [3.05, 3.63) is 44.9 Å². The third kappa shape index (κ3) is 4.29. The Hall–Kier alpha value is -2.98. The summed E-state index contributed by atoms with van der Waals surface area (Å²) in [6, 6.07) is 1.92. The zero-order chi connectivity index (χ0) is 21.1. The van der Waals surface area contributed by atoms with Gasteiger partial charge in [-0.25, -0.2) is 4.79 Å². The van der Waals surface area contributed by atoms with Gasteiger partial charge in [-0.2, -0.15) is 4.98 Å². The molecule has 1 unspecified atom stereocenters. The van der Waals surface area contributed by atoms with E-state index >= 15 is 0 Å². The van der Waals surface area contributed by atoms with Crippen LogP contribution in [0.1, 0.15) is 31.2 Å². The van der Waals surface area contributed by atoms with Crippen molar-refractivity contribution in [1.29, 1.82) is 0 Å². The van der Waals surface area contributed by atoms with E-state index < -0.39 is 11.2 Å². The lowest BCUT2D eigenvalue weighted by Crippen LogP contribution is -2.39. The highest BCUT2D eigenvalue weighted by Crippen LogP contribution is 2.20. The lowest BCUT2D eigenvalue weighted by atomic mass is 10.2. The van der Waals surface area contributed by atoms with Crippen LogP contribution in [-0.2, 0) is 23.1 Å². The Morgan fingerprint density at radius 3 is 2.93 bits per heavy atom. The number of aryl methyl sites for hydroxylation is 2. The maximum atomic E-state index is 12.9. The second-order valence-corrected chi connectivity index (χ2v) is 7.36. The van der Waals surface area contributed by atoms with E-state index in [1.165, 1.54) is 9.13 Å². The Bertz CT molecular complexity index is 1140. The highest BCUT2D eigenvalue weighted by Gasteiger charge is 2.17. The van der Waals surface area contributed by atoms with Gasteiger partial charge in [0.25, 0.3) is 5.56 Å². The highest BCUT2D eigenvalue weighted by molar-refractivity contribution is 5.70. The van der Waals surface area contributed by atoms with E-state index in [0.717, 1.165) is 24.8 Å². The van der Waals surface area contributed by atoms with Crippen molar-refractivity contribution in [1.82, 2.24) is 24.1 Å². The summed E-state index contributed by atoms with van der Waals surface area (Å²) in [6.45, 7) is 3.26. The first-order valence-corrected chi connectivity index (χ1v) is 10.0. The van der Waals surface area contributed by atoms with E-state index in [1.54, 1.807) is 25.5 Å².